The molecule has 1 aliphatic heterocycles. The normalized spacial score (nSPS) is 16.5. The second-order valence-electron chi connectivity index (χ2n) is 6.15. The number of carbonyl (C=O) groups is 3. The molecule has 1 unspecified atom stereocenters. The number of allylic oxidation sites excluding steroid dienone is 1. The van der Waals surface area contributed by atoms with Crippen molar-refractivity contribution in [1.82, 2.24) is 4.90 Å². The zero-order valence-electron chi connectivity index (χ0n) is 15.1. The number of alkyl halides is 3. The molecule has 1 aliphatic rings. The Morgan fingerprint density at radius 1 is 1.33 bits per heavy atom. The quantitative estimate of drug-likeness (QED) is 0.230. The molecule has 0 aromatic heterocycles. The molecule has 0 saturated carbocycles. The fourth-order valence-corrected chi connectivity index (χ4v) is 2.64. The van der Waals surface area contributed by atoms with Gasteiger partial charge in [0.2, 0.25) is 5.82 Å². The molecule has 30 heavy (non-hydrogen) atoms. The van der Waals surface area contributed by atoms with Crippen molar-refractivity contribution >= 4 is 29.0 Å². The highest BCUT2D eigenvalue weighted by Gasteiger charge is 2.37. The molecule has 13 heteroatoms. The SMILES string of the molecule is O=C(COC(=O)C1CCCN1C=CC(=O)C(F)(F)F)Nc1ccc(F)c([N+](=O)[O-])c1. The first kappa shape index (κ1) is 22.8. The number of anilines is 1. The van der Waals surface area contributed by atoms with Gasteiger partial charge in [-0.05, 0) is 25.0 Å². The van der Waals surface area contributed by atoms with E-state index >= 15 is 0 Å². The summed E-state index contributed by atoms with van der Waals surface area (Å²) >= 11 is 0. The van der Waals surface area contributed by atoms with Crippen molar-refractivity contribution in [1.29, 1.82) is 0 Å². The number of likely N-dealkylation sites (tertiary alicyclic amines) is 1. The average molecular weight is 433 g/mol. The van der Waals surface area contributed by atoms with Gasteiger partial charge in [-0.3, -0.25) is 19.7 Å². The predicted molar refractivity (Wildman–Crippen MR) is 92.6 cm³/mol. The van der Waals surface area contributed by atoms with Crippen LogP contribution in [0.15, 0.2) is 30.5 Å². The summed E-state index contributed by atoms with van der Waals surface area (Å²) in [5.41, 5.74) is -0.952. The Bertz CT molecular complexity index is 887. The number of hydrogen-bond donors (Lipinski definition) is 1. The summed E-state index contributed by atoms with van der Waals surface area (Å²) in [4.78, 5) is 45.8. The topological polar surface area (TPSA) is 119 Å². The lowest BCUT2D eigenvalue weighted by Gasteiger charge is -2.21. The van der Waals surface area contributed by atoms with Crippen LogP contribution in [-0.4, -0.2) is 52.9 Å². The molecular weight excluding hydrogens is 418 g/mol. The van der Waals surface area contributed by atoms with Crippen LogP contribution in [0.5, 0.6) is 0 Å². The van der Waals surface area contributed by atoms with E-state index < -0.39 is 52.9 Å². The third-order valence-electron chi connectivity index (χ3n) is 4.04. The van der Waals surface area contributed by atoms with Crippen molar-refractivity contribution in [2.45, 2.75) is 25.1 Å². The lowest BCUT2D eigenvalue weighted by atomic mass is 10.2. The van der Waals surface area contributed by atoms with Gasteiger partial charge in [-0.2, -0.15) is 17.6 Å². The van der Waals surface area contributed by atoms with E-state index in [4.69, 9.17) is 4.74 Å². The number of ketones is 1. The number of amides is 1. The van der Waals surface area contributed by atoms with Crippen LogP contribution in [0.25, 0.3) is 0 Å². The van der Waals surface area contributed by atoms with Crippen molar-refractivity contribution in [2.24, 2.45) is 0 Å². The first-order valence-corrected chi connectivity index (χ1v) is 8.44. The summed E-state index contributed by atoms with van der Waals surface area (Å²) in [6.45, 7) is -0.563. The highest BCUT2D eigenvalue weighted by Crippen LogP contribution is 2.22. The summed E-state index contributed by atoms with van der Waals surface area (Å²) in [6.07, 6.45) is -3.17. The van der Waals surface area contributed by atoms with E-state index in [0.29, 0.717) is 12.5 Å². The Morgan fingerprint density at radius 3 is 2.67 bits per heavy atom. The highest BCUT2D eigenvalue weighted by atomic mass is 19.4. The van der Waals surface area contributed by atoms with Gasteiger partial charge in [-0.1, -0.05) is 0 Å². The summed E-state index contributed by atoms with van der Waals surface area (Å²) in [5, 5.41) is 12.9. The first-order chi connectivity index (χ1) is 14.0. The zero-order chi connectivity index (χ0) is 22.5. The molecule has 1 atom stereocenters. The van der Waals surface area contributed by atoms with Crippen molar-refractivity contribution < 1.29 is 41.6 Å². The number of esters is 1. The van der Waals surface area contributed by atoms with Gasteiger partial charge in [0.15, 0.2) is 6.61 Å². The Balaban J connectivity index is 1.91. The van der Waals surface area contributed by atoms with E-state index in [9.17, 15) is 42.1 Å². The van der Waals surface area contributed by atoms with Gasteiger partial charge in [0.25, 0.3) is 11.7 Å². The molecule has 0 spiro atoms. The maximum atomic E-state index is 13.3. The summed E-state index contributed by atoms with van der Waals surface area (Å²) in [7, 11) is 0. The van der Waals surface area contributed by atoms with Crippen molar-refractivity contribution in [3.05, 3.63) is 46.4 Å². The van der Waals surface area contributed by atoms with Crippen molar-refractivity contribution in [3.8, 4) is 0 Å². The Labute approximate surface area is 166 Å². The molecule has 0 bridgehead atoms. The smallest absolute Gasteiger partial charge is 0.454 e. The van der Waals surface area contributed by atoms with E-state index in [1.54, 1.807) is 0 Å². The fraction of sp³-hybridized carbons (Fsp3) is 0.353. The number of hydrogen-bond acceptors (Lipinski definition) is 7. The van der Waals surface area contributed by atoms with Gasteiger partial charge in [-0.15, -0.1) is 0 Å². The number of halogens is 4. The monoisotopic (exact) mass is 433 g/mol. The Kier molecular flexibility index (Phi) is 7.08. The van der Waals surface area contributed by atoms with E-state index in [1.165, 1.54) is 4.90 Å². The maximum absolute atomic E-state index is 13.3. The maximum Gasteiger partial charge on any atom is 0.454 e. The standard InChI is InChI=1S/C17H15F4N3O6/c18-11-4-3-10(8-13(11)24(28)29)22-15(26)9-30-16(27)12-2-1-6-23(12)7-5-14(25)17(19,20)21/h3-5,7-8,12H,1-2,6,9H2,(H,22,26). The van der Waals surface area contributed by atoms with E-state index in [1.807, 2.05) is 0 Å². The van der Waals surface area contributed by atoms with Gasteiger partial charge >= 0.3 is 17.8 Å². The molecule has 9 nitrogen and oxygen atoms in total. The summed E-state index contributed by atoms with van der Waals surface area (Å²) in [6, 6.07) is 1.67. The number of rotatable bonds is 7. The number of nitrogens with zero attached hydrogens (tertiary/aromatic N) is 2. The van der Waals surface area contributed by atoms with E-state index in [2.05, 4.69) is 5.32 Å². The molecule has 1 saturated heterocycles. The van der Waals surface area contributed by atoms with Crippen LogP contribution in [0, 0.1) is 15.9 Å². The largest absolute Gasteiger partial charge is 0.454 e. The van der Waals surface area contributed by atoms with Crippen molar-refractivity contribution in [2.75, 3.05) is 18.5 Å². The van der Waals surface area contributed by atoms with Crippen LogP contribution in [0.1, 0.15) is 12.8 Å². The van der Waals surface area contributed by atoms with Crippen LogP contribution >= 0.6 is 0 Å². The molecule has 1 aromatic carbocycles. The van der Waals surface area contributed by atoms with Crippen LogP contribution in [0.2, 0.25) is 0 Å². The predicted octanol–water partition coefficient (Wildman–Crippen LogP) is 2.33. The van der Waals surface area contributed by atoms with Crippen molar-refractivity contribution in [3.63, 3.8) is 0 Å². The summed E-state index contributed by atoms with van der Waals surface area (Å²) in [5.74, 6) is -4.93. The van der Waals surface area contributed by atoms with Gasteiger partial charge in [0.1, 0.15) is 6.04 Å². The molecule has 1 aromatic rings. The van der Waals surface area contributed by atoms with Crippen LogP contribution in [0.4, 0.5) is 28.9 Å². The van der Waals surface area contributed by atoms with E-state index in [-0.39, 0.29) is 18.7 Å². The van der Waals surface area contributed by atoms with Gasteiger partial charge in [0, 0.05) is 30.6 Å². The lowest BCUT2D eigenvalue weighted by Crippen LogP contribution is -2.35. The molecular formula is C17H15F4N3O6. The zero-order valence-corrected chi connectivity index (χ0v) is 15.1. The van der Waals surface area contributed by atoms with E-state index in [0.717, 1.165) is 24.4 Å². The third-order valence-corrected chi connectivity index (χ3v) is 4.04. The molecule has 0 radical (unpaired) electrons. The third kappa shape index (κ3) is 5.99. The van der Waals surface area contributed by atoms with Gasteiger partial charge in [0.05, 0.1) is 4.92 Å². The van der Waals surface area contributed by atoms with Crippen LogP contribution in [0.3, 0.4) is 0 Å². The molecule has 2 rings (SSSR count). The number of nitro groups is 1. The molecule has 1 heterocycles. The van der Waals surface area contributed by atoms with Gasteiger partial charge in [-0.25, -0.2) is 4.79 Å². The number of carbonyl (C=O) groups excluding carboxylic acids is 3. The minimum Gasteiger partial charge on any atom is -0.454 e. The Hall–Kier alpha value is -3.51. The second kappa shape index (κ2) is 9.33. The number of nitro benzene ring substituents is 1. The number of nitrogens with one attached hydrogen (secondary N) is 1. The second-order valence-corrected chi connectivity index (χ2v) is 6.15. The minimum atomic E-state index is -5.03. The molecule has 1 N–H and O–H groups in total. The number of ether oxygens (including phenoxy) is 1. The summed E-state index contributed by atoms with van der Waals surface area (Å²) < 4.78 is 54.8. The van der Waals surface area contributed by atoms with Gasteiger partial charge < -0.3 is 15.0 Å². The molecule has 1 amide bonds. The number of benzene rings is 1. The first-order valence-electron chi connectivity index (χ1n) is 8.44. The molecule has 0 aliphatic carbocycles. The fourth-order valence-electron chi connectivity index (χ4n) is 2.64. The average Bonchev–Trinajstić information content (AvgIpc) is 3.13. The molecule has 162 valence electrons. The Morgan fingerprint density at radius 2 is 2.03 bits per heavy atom. The minimum absolute atomic E-state index is 0.0970. The molecule has 1 fully saturated rings. The van der Waals surface area contributed by atoms with Crippen LogP contribution in [-0.2, 0) is 19.1 Å². The lowest BCUT2D eigenvalue weighted by molar-refractivity contribution is -0.387. The van der Waals surface area contributed by atoms with Crippen LogP contribution < -0.4 is 5.32 Å². The highest BCUT2D eigenvalue weighted by molar-refractivity contribution is 5.94.